The topological polar surface area (TPSA) is 51.2 Å². The smallest absolute Gasteiger partial charge is 0.234 e. The first kappa shape index (κ1) is 17.5. The molecule has 0 atom stereocenters. The number of carbonyl (C=O) groups excluding carboxylic acids is 1. The molecule has 6 heteroatoms. The number of benzene rings is 2. The molecule has 0 spiro atoms. The zero-order valence-corrected chi connectivity index (χ0v) is 15.4. The van der Waals surface area contributed by atoms with E-state index in [-0.39, 0.29) is 5.91 Å². The van der Waals surface area contributed by atoms with E-state index in [9.17, 15) is 4.79 Å². The summed E-state index contributed by atoms with van der Waals surface area (Å²) in [4.78, 5) is 16.6. The maximum absolute atomic E-state index is 11.9. The van der Waals surface area contributed by atoms with Crippen LogP contribution in [0.2, 0.25) is 0 Å². The molecule has 2 aromatic carbocycles. The zero-order chi connectivity index (χ0) is 17.5. The molecule has 0 bridgehead atoms. The summed E-state index contributed by atoms with van der Waals surface area (Å²) in [6, 6.07) is 17.3. The number of nitrogens with one attached hydrogen (secondary N) is 1. The van der Waals surface area contributed by atoms with Crippen LogP contribution >= 0.6 is 23.1 Å². The van der Waals surface area contributed by atoms with Crippen LogP contribution in [0.25, 0.3) is 10.6 Å². The molecule has 1 N–H and O–H groups in total. The van der Waals surface area contributed by atoms with Crippen molar-refractivity contribution in [2.45, 2.75) is 5.75 Å². The molecule has 0 aliphatic rings. The molecule has 3 aromatic rings. The second-order valence-corrected chi connectivity index (χ2v) is 7.12. The fourth-order valence-corrected chi connectivity index (χ4v) is 3.85. The minimum atomic E-state index is 0.00167. The third-order valence-corrected chi connectivity index (χ3v) is 5.34. The molecule has 1 aromatic heterocycles. The highest BCUT2D eigenvalue weighted by atomic mass is 32.2. The summed E-state index contributed by atoms with van der Waals surface area (Å²) in [5, 5.41) is 5.90. The van der Waals surface area contributed by atoms with Crippen molar-refractivity contribution >= 4 is 34.7 Å². The van der Waals surface area contributed by atoms with Crippen LogP contribution < -0.4 is 10.1 Å². The highest BCUT2D eigenvalue weighted by molar-refractivity contribution is 7.99. The Labute approximate surface area is 155 Å². The number of rotatable bonds is 7. The third kappa shape index (κ3) is 5.08. The second kappa shape index (κ2) is 8.69. The number of ether oxygens (including phenoxy) is 1. The van der Waals surface area contributed by atoms with E-state index in [1.807, 2.05) is 60.0 Å². The van der Waals surface area contributed by atoms with Crippen molar-refractivity contribution in [3.05, 3.63) is 65.7 Å². The Morgan fingerprint density at radius 3 is 2.64 bits per heavy atom. The van der Waals surface area contributed by atoms with Gasteiger partial charge in [-0.15, -0.1) is 23.1 Å². The number of anilines is 1. The molecular formula is C19H18N2O2S2. The number of hydrogen-bond acceptors (Lipinski definition) is 5. The maximum atomic E-state index is 11.9. The minimum absolute atomic E-state index is 0.00167. The van der Waals surface area contributed by atoms with E-state index in [0.29, 0.717) is 5.75 Å². The Morgan fingerprint density at radius 1 is 1.16 bits per heavy atom. The van der Waals surface area contributed by atoms with Gasteiger partial charge < -0.3 is 10.1 Å². The molecule has 1 amide bonds. The van der Waals surface area contributed by atoms with Crippen LogP contribution in [0.5, 0.6) is 5.75 Å². The molecule has 25 heavy (non-hydrogen) atoms. The Balaban J connectivity index is 1.49. The highest BCUT2D eigenvalue weighted by Gasteiger charge is 2.07. The van der Waals surface area contributed by atoms with Gasteiger partial charge in [-0.3, -0.25) is 4.79 Å². The van der Waals surface area contributed by atoms with Gasteiger partial charge in [0.15, 0.2) is 0 Å². The predicted molar refractivity (Wildman–Crippen MR) is 105 cm³/mol. The first-order valence-electron chi connectivity index (χ1n) is 7.76. The molecule has 3 rings (SSSR count). The normalized spacial score (nSPS) is 10.4. The molecule has 0 aliphatic heterocycles. The largest absolute Gasteiger partial charge is 0.497 e. The van der Waals surface area contributed by atoms with Gasteiger partial charge in [-0.2, -0.15) is 0 Å². The Bertz CT molecular complexity index is 817. The molecule has 0 saturated carbocycles. The number of nitrogens with zero attached hydrogens (tertiary/aromatic N) is 1. The number of aromatic nitrogens is 1. The lowest BCUT2D eigenvalue weighted by molar-refractivity contribution is -0.113. The molecule has 0 unspecified atom stereocenters. The standard InChI is InChI=1S/C19H18N2O2S2/c1-23-17-9-7-14(8-10-17)19-21-16(12-25-19)11-24-13-18(22)20-15-5-3-2-4-6-15/h2-10,12H,11,13H2,1H3,(H,20,22). The first-order chi connectivity index (χ1) is 12.2. The maximum Gasteiger partial charge on any atom is 0.234 e. The number of amides is 1. The highest BCUT2D eigenvalue weighted by Crippen LogP contribution is 2.27. The van der Waals surface area contributed by atoms with E-state index in [2.05, 4.69) is 10.3 Å². The van der Waals surface area contributed by atoms with Gasteiger partial charge in [0.2, 0.25) is 5.91 Å². The van der Waals surface area contributed by atoms with E-state index >= 15 is 0 Å². The van der Waals surface area contributed by atoms with Crippen LogP contribution in [0.1, 0.15) is 5.69 Å². The number of hydrogen-bond donors (Lipinski definition) is 1. The van der Waals surface area contributed by atoms with Crippen LogP contribution in [0.4, 0.5) is 5.69 Å². The summed E-state index contributed by atoms with van der Waals surface area (Å²) >= 11 is 3.17. The molecule has 0 radical (unpaired) electrons. The van der Waals surface area contributed by atoms with E-state index < -0.39 is 0 Å². The van der Waals surface area contributed by atoms with Crippen molar-refractivity contribution < 1.29 is 9.53 Å². The number of para-hydroxylation sites is 1. The molecule has 0 saturated heterocycles. The summed E-state index contributed by atoms with van der Waals surface area (Å²) in [7, 11) is 1.65. The lowest BCUT2D eigenvalue weighted by Gasteiger charge is -2.04. The van der Waals surface area contributed by atoms with E-state index in [0.717, 1.165) is 33.5 Å². The lowest BCUT2D eigenvalue weighted by Crippen LogP contribution is -2.13. The summed E-state index contributed by atoms with van der Waals surface area (Å²) in [6.07, 6.45) is 0. The van der Waals surface area contributed by atoms with Crippen LogP contribution in [0.15, 0.2) is 60.0 Å². The summed E-state index contributed by atoms with van der Waals surface area (Å²) in [5.41, 5.74) is 2.89. The first-order valence-corrected chi connectivity index (χ1v) is 9.79. The number of methoxy groups -OCH3 is 1. The van der Waals surface area contributed by atoms with Crippen LogP contribution in [-0.2, 0) is 10.5 Å². The molecular weight excluding hydrogens is 352 g/mol. The van der Waals surface area contributed by atoms with Crippen LogP contribution in [-0.4, -0.2) is 23.8 Å². The van der Waals surface area contributed by atoms with Gasteiger partial charge in [-0.25, -0.2) is 4.98 Å². The third-order valence-electron chi connectivity index (χ3n) is 3.43. The van der Waals surface area contributed by atoms with Crippen molar-refractivity contribution in [2.24, 2.45) is 0 Å². The second-order valence-electron chi connectivity index (χ2n) is 5.28. The van der Waals surface area contributed by atoms with Gasteiger partial charge >= 0.3 is 0 Å². The number of carbonyl (C=O) groups is 1. The van der Waals surface area contributed by atoms with Crippen molar-refractivity contribution in [1.29, 1.82) is 0 Å². The average molecular weight is 370 g/mol. The van der Waals surface area contributed by atoms with Crippen LogP contribution in [0.3, 0.4) is 0 Å². The van der Waals surface area contributed by atoms with Crippen molar-refractivity contribution in [1.82, 2.24) is 4.98 Å². The number of thioether (sulfide) groups is 1. The van der Waals surface area contributed by atoms with E-state index in [1.165, 1.54) is 0 Å². The van der Waals surface area contributed by atoms with Gasteiger partial charge in [0.1, 0.15) is 10.8 Å². The summed E-state index contributed by atoms with van der Waals surface area (Å²) in [5.74, 6) is 1.96. The molecule has 128 valence electrons. The van der Waals surface area contributed by atoms with Crippen LogP contribution in [0, 0.1) is 0 Å². The van der Waals surface area contributed by atoms with Crippen molar-refractivity contribution in [2.75, 3.05) is 18.2 Å². The molecule has 1 heterocycles. The number of thiazole rings is 1. The SMILES string of the molecule is COc1ccc(-c2nc(CSCC(=O)Nc3ccccc3)cs2)cc1. The molecule has 4 nitrogen and oxygen atoms in total. The Hall–Kier alpha value is -2.31. The van der Waals surface area contributed by atoms with Crippen molar-refractivity contribution in [3.8, 4) is 16.3 Å². The van der Waals surface area contributed by atoms with Crippen molar-refractivity contribution in [3.63, 3.8) is 0 Å². The Morgan fingerprint density at radius 2 is 1.92 bits per heavy atom. The molecule has 0 fully saturated rings. The fourth-order valence-electron chi connectivity index (χ4n) is 2.21. The van der Waals surface area contributed by atoms with Gasteiger partial charge in [0.05, 0.1) is 18.6 Å². The predicted octanol–water partition coefficient (Wildman–Crippen LogP) is 4.69. The van der Waals surface area contributed by atoms with E-state index in [1.54, 1.807) is 30.2 Å². The van der Waals surface area contributed by atoms with Gasteiger partial charge in [-0.05, 0) is 36.4 Å². The molecule has 0 aliphatic carbocycles. The lowest BCUT2D eigenvalue weighted by atomic mass is 10.2. The summed E-state index contributed by atoms with van der Waals surface area (Å²) < 4.78 is 5.17. The van der Waals surface area contributed by atoms with E-state index in [4.69, 9.17) is 4.74 Å². The summed E-state index contributed by atoms with van der Waals surface area (Å²) in [6.45, 7) is 0. The fraction of sp³-hybridized carbons (Fsp3) is 0.158. The van der Waals surface area contributed by atoms with Gasteiger partial charge in [0.25, 0.3) is 0 Å². The monoisotopic (exact) mass is 370 g/mol. The average Bonchev–Trinajstić information content (AvgIpc) is 3.11. The quantitative estimate of drug-likeness (QED) is 0.655. The van der Waals surface area contributed by atoms with Gasteiger partial charge in [0, 0.05) is 22.4 Å². The minimum Gasteiger partial charge on any atom is -0.497 e. The Kier molecular flexibility index (Phi) is 6.09. The van der Waals surface area contributed by atoms with Gasteiger partial charge in [-0.1, -0.05) is 18.2 Å². The zero-order valence-electron chi connectivity index (χ0n) is 13.8.